The molecule has 2 rings (SSSR count). The SMILES string of the molecule is C#Cc1ccccc1C(C(=O)NCCC(=O)OCC)N(CC)C(=O)C(Cc1ccc(O)cc1)NC(=O)OC(C)(C)C. The van der Waals surface area contributed by atoms with Gasteiger partial charge in [0.15, 0.2) is 0 Å². The lowest BCUT2D eigenvalue weighted by atomic mass is 9.96. The number of hydrogen-bond acceptors (Lipinski definition) is 7. The van der Waals surface area contributed by atoms with Crippen LogP contribution in [0.25, 0.3) is 0 Å². The van der Waals surface area contributed by atoms with Crippen LogP contribution in [0.2, 0.25) is 0 Å². The summed E-state index contributed by atoms with van der Waals surface area (Å²) in [4.78, 5) is 53.7. The molecule has 41 heavy (non-hydrogen) atoms. The Kier molecular flexibility index (Phi) is 12.2. The van der Waals surface area contributed by atoms with Gasteiger partial charge in [0.1, 0.15) is 23.4 Å². The normalized spacial score (nSPS) is 12.3. The molecule has 0 saturated heterocycles. The van der Waals surface area contributed by atoms with Gasteiger partial charge in [-0.25, -0.2) is 4.79 Å². The molecular formula is C31H39N3O7. The fourth-order valence-electron chi connectivity index (χ4n) is 4.12. The van der Waals surface area contributed by atoms with Crippen molar-refractivity contribution in [1.29, 1.82) is 0 Å². The quantitative estimate of drug-likeness (QED) is 0.265. The molecule has 220 valence electrons. The van der Waals surface area contributed by atoms with E-state index in [0.29, 0.717) is 16.7 Å². The van der Waals surface area contributed by atoms with Gasteiger partial charge < -0.3 is 30.1 Å². The molecule has 0 saturated carbocycles. The molecule has 10 heteroatoms. The van der Waals surface area contributed by atoms with E-state index in [4.69, 9.17) is 15.9 Å². The Morgan fingerprint density at radius 2 is 1.71 bits per heavy atom. The van der Waals surface area contributed by atoms with Gasteiger partial charge in [0, 0.05) is 25.1 Å². The van der Waals surface area contributed by atoms with Crippen molar-refractivity contribution in [3.05, 3.63) is 65.2 Å². The van der Waals surface area contributed by atoms with Gasteiger partial charge in [-0.05, 0) is 63.9 Å². The summed E-state index contributed by atoms with van der Waals surface area (Å²) in [6.07, 6.45) is 4.95. The van der Waals surface area contributed by atoms with Crippen molar-refractivity contribution in [2.75, 3.05) is 19.7 Å². The van der Waals surface area contributed by atoms with Gasteiger partial charge in [0.05, 0.1) is 13.0 Å². The molecule has 0 radical (unpaired) electrons. The van der Waals surface area contributed by atoms with Crippen LogP contribution in [-0.4, -0.2) is 65.2 Å². The number of terminal acetylenes is 1. The molecule has 0 fully saturated rings. The molecular weight excluding hydrogens is 526 g/mol. The number of aromatic hydroxyl groups is 1. The molecule has 3 amide bonds. The van der Waals surface area contributed by atoms with Crippen LogP contribution in [0.15, 0.2) is 48.5 Å². The van der Waals surface area contributed by atoms with E-state index in [9.17, 15) is 24.3 Å². The Labute approximate surface area is 241 Å². The number of nitrogens with zero attached hydrogens (tertiary/aromatic N) is 1. The number of rotatable bonds is 12. The van der Waals surface area contributed by atoms with Crippen LogP contribution in [0.4, 0.5) is 4.79 Å². The Morgan fingerprint density at radius 3 is 2.29 bits per heavy atom. The number of likely N-dealkylation sites (N-methyl/N-ethyl adjacent to an activating group) is 1. The number of amides is 3. The van der Waals surface area contributed by atoms with E-state index in [-0.39, 0.29) is 38.3 Å². The smallest absolute Gasteiger partial charge is 0.408 e. The van der Waals surface area contributed by atoms with E-state index in [1.807, 2.05) is 0 Å². The third-order valence-electron chi connectivity index (χ3n) is 5.89. The molecule has 0 spiro atoms. The summed E-state index contributed by atoms with van der Waals surface area (Å²) in [6, 6.07) is 10.7. The summed E-state index contributed by atoms with van der Waals surface area (Å²) in [5.74, 6) is 1.05. The molecule has 10 nitrogen and oxygen atoms in total. The maximum Gasteiger partial charge on any atom is 0.408 e. The molecule has 2 aromatic carbocycles. The number of carbonyl (C=O) groups excluding carboxylic acids is 4. The van der Waals surface area contributed by atoms with Gasteiger partial charge in [-0.3, -0.25) is 14.4 Å². The molecule has 2 unspecified atom stereocenters. The fourth-order valence-corrected chi connectivity index (χ4v) is 4.12. The molecule has 0 heterocycles. The number of ether oxygens (including phenoxy) is 2. The first kappa shape index (κ1) is 32.7. The van der Waals surface area contributed by atoms with Crippen LogP contribution in [0.1, 0.15) is 63.8 Å². The van der Waals surface area contributed by atoms with E-state index in [1.54, 1.807) is 71.0 Å². The number of carbonyl (C=O) groups is 4. The first-order chi connectivity index (χ1) is 19.4. The van der Waals surface area contributed by atoms with E-state index < -0.39 is 41.6 Å². The van der Waals surface area contributed by atoms with Crippen LogP contribution >= 0.6 is 0 Å². The summed E-state index contributed by atoms with van der Waals surface area (Å²) in [6.45, 7) is 8.81. The average molecular weight is 566 g/mol. The van der Waals surface area contributed by atoms with Crippen molar-refractivity contribution in [3.63, 3.8) is 0 Å². The Balaban J connectivity index is 2.48. The minimum absolute atomic E-state index is 0.00870. The van der Waals surface area contributed by atoms with Gasteiger partial charge in [0.2, 0.25) is 11.8 Å². The van der Waals surface area contributed by atoms with Crippen molar-refractivity contribution in [2.45, 2.75) is 65.1 Å². The number of benzene rings is 2. The molecule has 0 aliphatic heterocycles. The van der Waals surface area contributed by atoms with Gasteiger partial charge in [-0.1, -0.05) is 36.3 Å². The van der Waals surface area contributed by atoms with Gasteiger partial charge >= 0.3 is 12.1 Å². The van der Waals surface area contributed by atoms with E-state index in [0.717, 1.165) is 0 Å². The van der Waals surface area contributed by atoms with Crippen LogP contribution < -0.4 is 10.6 Å². The molecule has 0 aliphatic rings. The summed E-state index contributed by atoms with van der Waals surface area (Å²) in [5.41, 5.74) is 0.681. The molecule has 2 atom stereocenters. The maximum atomic E-state index is 14.1. The highest BCUT2D eigenvalue weighted by Gasteiger charge is 2.36. The molecule has 2 aromatic rings. The molecule has 3 N–H and O–H groups in total. The predicted octanol–water partition coefficient (Wildman–Crippen LogP) is 3.47. The number of alkyl carbamates (subject to hydrolysis) is 1. The van der Waals surface area contributed by atoms with Crippen LogP contribution in [0, 0.1) is 12.3 Å². The summed E-state index contributed by atoms with van der Waals surface area (Å²) in [5, 5.41) is 15.1. The largest absolute Gasteiger partial charge is 0.508 e. The van der Waals surface area contributed by atoms with E-state index >= 15 is 0 Å². The Hall–Kier alpha value is -4.52. The minimum Gasteiger partial charge on any atom is -0.508 e. The minimum atomic E-state index is -1.16. The summed E-state index contributed by atoms with van der Waals surface area (Å²) < 4.78 is 10.3. The van der Waals surface area contributed by atoms with Gasteiger partial charge in [0.25, 0.3) is 0 Å². The van der Waals surface area contributed by atoms with Crippen molar-refractivity contribution in [1.82, 2.24) is 15.5 Å². The topological polar surface area (TPSA) is 134 Å². The average Bonchev–Trinajstić information content (AvgIpc) is 2.91. The fraction of sp³-hybridized carbons (Fsp3) is 0.419. The highest BCUT2D eigenvalue weighted by atomic mass is 16.6. The lowest BCUT2D eigenvalue weighted by molar-refractivity contribution is -0.144. The van der Waals surface area contributed by atoms with E-state index in [2.05, 4.69) is 16.6 Å². The first-order valence-electron chi connectivity index (χ1n) is 13.5. The number of phenolic OH excluding ortho intramolecular Hbond substituents is 1. The zero-order valence-electron chi connectivity index (χ0n) is 24.2. The maximum absolute atomic E-state index is 14.1. The van der Waals surface area contributed by atoms with Gasteiger partial charge in [-0.2, -0.15) is 0 Å². The second-order valence-electron chi connectivity index (χ2n) is 10.2. The zero-order valence-corrected chi connectivity index (χ0v) is 24.2. The van der Waals surface area contributed by atoms with Gasteiger partial charge in [-0.15, -0.1) is 6.42 Å². The van der Waals surface area contributed by atoms with Crippen LogP contribution in [0.3, 0.4) is 0 Å². The first-order valence-corrected chi connectivity index (χ1v) is 13.5. The third kappa shape index (κ3) is 10.2. The lowest BCUT2D eigenvalue weighted by Gasteiger charge is -2.34. The second kappa shape index (κ2) is 15.3. The zero-order chi connectivity index (χ0) is 30.6. The summed E-state index contributed by atoms with van der Waals surface area (Å²) in [7, 11) is 0. The Bertz CT molecular complexity index is 1250. The van der Waals surface area contributed by atoms with Crippen molar-refractivity contribution in [2.24, 2.45) is 0 Å². The molecule has 0 aliphatic carbocycles. The number of esters is 1. The molecule has 0 bridgehead atoms. The number of hydrogen-bond donors (Lipinski definition) is 3. The van der Waals surface area contributed by atoms with Crippen molar-refractivity contribution in [3.8, 4) is 18.1 Å². The van der Waals surface area contributed by atoms with Crippen LogP contribution in [0.5, 0.6) is 5.75 Å². The number of nitrogens with one attached hydrogen (secondary N) is 2. The monoisotopic (exact) mass is 565 g/mol. The van der Waals surface area contributed by atoms with E-state index in [1.165, 1.54) is 17.0 Å². The van der Waals surface area contributed by atoms with Crippen LogP contribution in [-0.2, 0) is 30.3 Å². The summed E-state index contributed by atoms with van der Waals surface area (Å²) >= 11 is 0. The highest BCUT2D eigenvalue weighted by molar-refractivity contribution is 5.92. The molecule has 0 aromatic heterocycles. The predicted molar refractivity (Wildman–Crippen MR) is 154 cm³/mol. The van der Waals surface area contributed by atoms with Crippen molar-refractivity contribution < 1.29 is 33.8 Å². The highest BCUT2D eigenvalue weighted by Crippen LogP contribution is 2.26. The standard InChI is InChI=1S/C31H39N3O7/c1-7-22-12-10-11-13-24(22)27(28(37)32-19-18-26(36)40-9-3)34(8-2)29(38)25(33-30(39)41-31(4,5)6)20-21-14-16-23(35)17-15-21/h1,10-17,25,27,35H,8-9,18-20H2,2-6H3,(H,32,37)(H,33,39). The number of phenols is 1. The Morgan fingerprint density at radius 1 is 1.05 bits per heavy atom. The van der Waals surface area contributed by atoms with Crippen molar-refractivity contribution >= 4 is 23.9 Å². The third-order valence-corrected chi connectivity index (χ3v) is 5.89. The second-order valence-corrected chi connectivity index (χ2v) is 10.2. The lowest BCUT2D eigenvalue weighted by Crippen LogP contribution is -2.54.